The molecule has 2 atom stereocenters. The van der Waals surface area contributed by atoms with Gasteiger partial charge in [0.25, 0.3) is 0 Å². The zero-order valence-electron chi connectivity index (χ0n) is 18.3. The molecule has 0 saturated heterocycles. The molecular formula is C24H20O9. The second-order valence-corrected chi connectivity index (χ2v) is 7.25. The van der Waals surface area contributed by atoms with Crippen LogP contribution in [0.2, 0.25) is 0 Å². The molecule has 0 saturated carbocycles. The van der Waals surface area contributed by atoms with Crippen molar-refractivity contribution >= 4 is 17.9 Å². The lowest BCUT2D eigenvalue weighted by Crippen LogP contribution is -2.39. The van der Waals surface area contributed by atoms with E-state index in [2.05, 4.69) is 0 Å². The molecule has 0 aliphatic carbocycles. The van der Waals surface area contributed by atoms with E-state index in [4.69, 9.17) is 23.7 Å². The van der Waals surface area contributed by atoms with Crippen LogP contribution in [0.5, 0.6) is 0 Å². The predicted octanol–water partition coefficient (Wildman–Crippen LogP) is 1.56. The van der Waals surface area contributed by atoms with Gasteiger partial charge in [-0.1, -0.05) is 36.4 Å². The molecule has 0 spiro atoms. The van der Waals surface area contributed by atoms with E-state index in [1.165, 1.54) is 38.5 Å². The van der Waals surface area contributed by atoms with Crippen molar-refractivity contribution in [3.63, 3.8) is 0 Å². The van der Waals surface area contributed by atoms with E-state index < -0.39 is 34.7 Å². The molecule has 2 bridgehead atoms. The highest BCUT2D eigenvalue weighted by Gasteiger charge is 2.71. The standard InChI is InChI=1S/C24H20O9/c1-29-20(26)13-9-5-6-10-14(13)23-17-15(11-7-8-12-16(17)25)24(32-4,33-23)19(22(28)31-3)18(23)21(27)30-2/h5-12H,1-4H3/t23-,24+/m1/s1. The van der Waals surface area contributed by atoms with Gasteiger partial charge in [-0.25, -0.2) is 14.4 Å². The van der Waals surface area contributed by atoms with Crippen LogP contribution in [0.25, 0.3) is 0 Å². The Hall–Kier alpha value is -3.82. The van der Waals surface area contributed by atoms with Crippen LogP contribution < -0.4 is 5.43 Å². The lowest BCUT2D eigenvalue weighted by molar-refractivity contribution is -0.215. The van der Waals surface area contributed by atoms with Gasteiger partial charge < -0.3 is 23.7 Å². The number of benzene rings is 1. The Balaban J connectivity index is 2.28. The van der Waals surface area contributed by atoms with Gasteiger partial charge in [0.15, 0.2) is 11.0 Å². The van der Waals surface area contributed by atoms with Gasteiger partial charge >= 0.3 is 17.9 Å². The maximum absolute atomic E-state index is 13.3. The Morgan fingerprint density at radius 1 is 0.727 bits per heavy atom. The smallest absolute Gasteiger partial charge is 0.340 e. The highest BCUT2D eigenvalue weighted by molar-refractivity contribution is 6.07. The van der Waals surface area contributed by atoms with Gasteiger partial charge in [-0.05, 0) is 12.1 Å². The Morgan fingerprint density at radius 3 is 1.88 bits per heavy atom. The van der Waals surface area contributed by atoms with Crippen LogP contribution in [0.15, 0.2) is 64.5 Å². The molecule has 0 unspecified atom stereocenters. The number of carbonyl (C=O) groups excluding carboxylic acids is 3. The summed E-state index contributed by atoms with van der Waals surface area (Å²) in [6.07, 6.45) is 0. The fourth-order valence-electron chi connectivity index (χ4n) is 4.60. The third kappa shape index (κ3) is 2.79. The van der Waals surface area contributed by atoms with Gasteiger partial charge in [0.05, 0.1) is 32.5 Å². The summed E-state index contributed by atoms with van der Waals surface area (Å²) in [5.41, 5.74) is -2.76. The third-order valence-corrected chi connectivity index (χ3v) is 5.85. The summed E-state index contributed by atoms with van der Waals surface area (Å²) in [5, 5.41) is 0. The first-order valence-electron chi connectivity index (χ1n) is 9.83. The van der Waals surface area contributed by atoms with E-state index in [0.717, 1.165) is 14.2 Å². The monoisotopic (exact) mass is 452 g/mol. The fraction of sp³-hybridized carbons (Fsp3) is 0.250. The molecule has 170 valence electrons. The molecule has 33 heavy (non-hydrogen) atoms. The van der Waals surface area contributed by atoms with Crippen molar-refractivity contribution in [3.8, 4) is 0 Å². The highest BCUT2D eigenvalue weighted by atomic mass is 16.7. The summed E-state index contributed by atoms with van der Waals surface area (Å²) in [5.74, 6) is -4.57. The highest BCUT2D eigenvalue weighted by Crippen LogP contribution is 2.63. The normalized spacial score (nSPS) is 22.5. The number of hydrogen-bond donors (Lipinski definition) is 0. The van der Waals surface area contributed by atoms with Gasteiger partial charge in [0.1, 0.15) is 5.57 Å². The minimum absolute atomic E-state index is 0.0127. The molecular weight excluding hydrogens is 432 g/mol. The van der Waals surface area contributed by atoms with Gasteiger partial charge in [-0.3, -0.25) is 4.79 Å². The summed E-state index contributed by atoms with van der Waals surface area (Å²) in [4.78, 5) is 52.2. The zero-order chi connectivity index (χ0) is 24.0. The topological polar surface area (TPSA) is 114 Å². The van der Waals surface area contributed by atoms with Crippen molar-refractivity contribution in [2.75, 3.05) is 28.4 Å². The molecule has 0 N–H and O–H groups in total. The molecule has 4 rings (SSSR count). The Labute approximate surface area is 188 Å². The van der Waals surface area contributed by atoms with E-state index >= 15 is 0 Å². The molecule has 9 heteroatoms. The van der Waals surface area contributed by atoms with Crippen molar-refractivity contribution in [1.82, 2.24) is 0 Å². The molecule has 2 heterocycles. The van der Waals surface area contributed by atoms with E-state index in [9.17, 15) is 19.2 Å². The minimum Gasteiger partial charge on any atom is -0.466 e. The number of fused-ring (bicyclic) bond motifs is 5. The summed E-state index contributed by atoms with van der Waals surface area (Å²) in [6.45, 7) is 0. The average Bonchev–Trinajstić information content (AvgIpc) is 3.23. The Kier molecular flexibility index (Phi) is 5.39. The van der Waals surface area contributed by atoms with Crippen molar-refractivity contribution in [1.29, 1.82) is 0 Å². The number of rotatable bonds is 5. The Bertz CT molecular complexity index is 1280. The first-order valence-corrected chi connectivity index (χ1v) is 9.83. The summed E-state index contributed by atoms with van der Waals surface area (Å²) in [7, 11) is 4.73. The number of carbonyl (C=O) groups is 3. The van der Waals surface area contributed by atoms with E-state index in [1.54, 1.807) is 24.3 Å². The number of hydrogen-bond acceptors (Lipinski definition) is 9. The van der Waals surface area contributed by atoms with Crippen LogP contribution in [-0.2, 0) is 44.7 Å². The molecule has 2 aliphatic heterocycles. The maximum Gasteiger partial charge on any atom is 0.340 e. The number of esters is 3. The van der Waals surface area contributed by atoms with E-state index in [1.807, 2.05) is 0 Å². The van der Waals surface area contributed by atoms with Gasteiger partial charge in [-0.2, -0.15) is 0 Å². The molecule has 0 aromatic heterocycles. The maximum atomic E-state index is 13.3. The number of methoxy groups -OCH3 is 4. The second kappa shape index (κ2) is 7.95. The van der Waals surface area contributed by atoms with Crippen LogP contribution in [0.1, 0.15) is 27.0 Å². The van der Waals surface area contributed by atoms with Crippen molar-refractivity contribution in [3.05, 3.63) is 92.2 Å². The molecule has 0 fully saturated rings. The molecule has 2 aromatic rings. The fourth-order valence-corrected chi connectivity index (χ4v) is 4.60. The van der Waals surface area contributed by atoms with Crippen LogP contribution in [0.4, 0.5) is 0 Å². The summed E-state index contributed by atoms with van der Waals surface area (Å²) >= 11 is 0. The first-order chi connectivity index (χ1) is 15.8. The Morgan fingerprint density at radius 2 is 1.27 bits per heavy atom. The molecule has 2 aromatic carbocycles. The van der Waals surface area contributed by atoms with Gasteiger partial charge in [-0.15, -0.1) is 0 Å². The third-order valence-electron chi connectivity index (χ3n) is 5.85. The van der Waals surface area contributed by atoms with Crippen LogP contribution >= 0.6 is 0 Å². The lowest BCUT2D eigenvalue weighted by atomic mass is 9.72. The second-order valence-electron chi connectivity index (χ2n) is 7.25. The van der Waals surface area contributed by atoms with Crippen LogP contribution in [0.3, 0.4) is 0 Å². The largest absolute Gasteiger partial charge is 0.466 e. The van der Waals surface area contributed by atoms with Crippen molar-refractivity contribution in [2.24, 2.45) is 0 Å². The van der Waals surface area contributed by atoms with E-state index in [-0.39, 0.29) is 33.4 Å². The SMILES string of the molecule is COC(=O)C1=C(C(=O)OC)[C@]2(c3ccccc3C(=O)OC)O[C@@]1(OC)c1ccccc(=O)c12. The lowest BCUT2D eigenvalue weighted by Gasteiger charge is -2.29. The van der Waals surface area contributed by atoms with Crippen molar-refractivity contribution in [2.45, 2.75) is 11.4 Å². The molecule has 0 radical (unpaired) electrons. The number of ether oxygens (including phenoxy) is 5. The minimum atomic E-state index is -2.01. The van der Waals surface area contributed by atoms with Gasteiger partial charge in [0.2, 0.25) is 5.79 Å². The average molecular weight is 452 g/mol. The summed E-state index contributed by atoms with van der Waals surface area (Å²) in [6, 6.07) is 12.1. The molecule has 0 amide bonds. The van der Waals surface area contributed by atoms with Crippen molar-refractivity contribution < 1.29 is 38.1 Å². The molecule has 9 nitrogen and oxygen atoms in total. The molecule has 2 aliphatic rings. The predicted molar refractivity (Wildman–Crippen MR) is 112 cm³/mol. The van der Waals surface area contributed by atoms with Gasteiger partial charge in [0, 0.05) is 23.8 Å². The first kappa shape index (κ1) is 22.4. The zero-order valence-corrected chi connectivity index (χ0v) is 18.3. The van der Waals surface area contributed by atoms with Crippen LogP contribution in [0, 0.1) is 0 Å². The van der Waals surface area contributed by atoms with Crippen LogP contribution in [-0.4, -0.2) is 46.3 Å². The van der Waals surface area contributed by atoms with E-state index in [0.29, 0.717) is 0 Å². The summed E-state index contributed by atoms with van der Waals surface area (Å²) < 4.78 is 26.9. The quantitative estimate of drug-likeness (QED) is 0.492.